The molecule has 0 bridgehead atoms. The van der Waals surface area contributed by atoms with Gasteiger partial charge in [0.15, 0.2) is 5.82 Å². The van der Waals surface area contributed by atoms with Gasteiger partial charge in [0.05, 0.1) is 12.6 Å². The fourth-order valence-electron chi connectivity index (χ4n) is 1.63. The lowest BCUT2D eigenvalue weighted by Crippen LogP contribution is -2.30. The van der Waals surface area contributed by atoms with Gasteiger partial charge in [-0.3, -0.25) is 10.1 Å². The van der Waals surface area contributed by atoms with Crippen molar-refractivity contribution in [2.45, 2.75) is 33.2 Å². The lowest BCUT2D eigenvalue weighted by molar-refractivity contribution is -0.115. The van der Waals surface area contributed by atoms with Crippen LogP contribution in [-0.2, 0) is 11.2 Å². The fraction of sp³-hybridized carbons (Fsp3) is 0.462. The molecule has 2 heterocycles. The quantitative estimate of drug-likeness (QED) is 0.854. The van der Waals surface area contributed by atoms with Crippen LogP contribution in [-0.4, -0.2) is 22.6 Å². The molecular weight excluding hydrogens is 276 g/mol. The van der Waals surface area contributed by atoms with Gasteiger partial charge in [0.1, 0.15) is 10.8 Å². The number of thiazole rings is 1. The second-order valence-corrected chi connectivity index (χ2v) is 5.64. The Morgan fingerprint density at radius 3 is 2.95 bits per heavy atom. The highest BCUT2D eigenvalue weighted by Gasteiger charge is 2.12. The average molecular weight is 294 g/mol. The van der Waals surface area contributed by atoms with Gasteiger partial charge in [-0.15, -0.1) is 11.3 Å². The first-order valence-corrected chi connectivity index (χ1v) is 7.31. The molecule has 0 aromatic carbocycles. The molecule has 0 fully saturated rings. The van der Waals surface area contributed by atoms with E-state index in [1.54, 1.807) is 24.3 Å². The van der Waals surface area contributed by atoms with Crippen molar-refractivity contribution in [3.63, 3.8) is 0 Å². The minimum absolute atomic E-state index is 0.0464. The number of hydrogen-bond donors (Lipinski definition) is 2. The summed E-state index contributed by atoms with van der Waals surface area (Å²) in [6, 6.07) is 1.72. The molecule has 1 amide bonds. The van der Waals surface area contributed by atoms with Crippen molar-refractivity contribution < 1.29 is 9.32 Å². The van der Waals surface area contributed by atoms with Crippen molar-refractivity contribution in [1.29, 1.82) is 0 Å². The zero-order valence-corrected chi connectivity index (χ0v) is 12.6. The summed E-state index contributed by atoms with van der Waals surface area (Å²) < 4.78 is 4.88. The Balaban J connectivity index is 1.80. The predicted octanol–water partition coefficient (Wildman–Crippen LogP) is 2.29. The van der Waals surface area contributed by atoms with Crippen LogP contribution in [0.4, 0.5) is 5.82 Å². The van der Waals surface area contributed by atoms with Crippen LogP contribution in [0.1, 0.15) is 35.5 Å². The Hall–Kier alpha value is -1.73. The van der Waals surface area contributed by atoms with Crippen LogP contribution in [0.2, 0.25) is 0 Å². The smallest absolute Gasteiger partial charge is 0.239 e. The van der Waals surface area contributed by atoms with E-state index in [4.69, 9.17) is 4.52 Å². The number of aryl methyl sites for hydroxylation is 2. The normalized spacial score (nSPS) is 12.3. The van der Waals surface area contributed by atoms with Crippen molar-refractivity contribution in [2.24, 2.45) is 0 Å². The minimum Gasteiger partial charge on any atom is -0.360 e. The molecule has 1 atom stereocenters. The molecule has 0 saturated carbocycles. The summed E-state index contributed by atoms with van der Waals surface area (Å²) in [4.78, 5) is 17.3. The van der Waals surface area contributed by atoms with Crippen molar-refractivity contribution in [1.82, 2.24) is 15.5 Å². The zero-order chi connectivity index (χ0) is 14.5. The Kier molecular flexibility index (Phi) is 4.86. The molecule has 2 aromatic rings. The summed E-state index contributed by atoms with van der Waals surface area (Å²) in [7, 11) is 0. The van der Waals surface area contributed by atoms with E-state index in [2.05, 4.69) is 27.7 Å². The minimum atomic E-state index is -0.155. The summed E-state index contributed by atoms with van der Waals surface area (Å²) >= 11 is 1.67. The summed E-state index contributed by atoms with van der Waals surface area (Å²) in [5, 5.41) is 10.5. The van der Waals surface area contributed by atoms with E-state index in [1.165, 1.54) is 4.88 Å². The first kappa shape index (κ1) is 14.7. The number of amides is 1. The molecule has 6 nitrogen and oxygen atoms in total. The van der Waals surface area contributed by atoms with Crippen LogP contribution in [0.3, 0.4) is 0 Å². The Morgan fingerprint density at radius 2 is 2.35 bits per heavy atom. The SMILES string of the molecule is CCc1cnc(C(C)NCC(=O)Nc2cc(C)on2)s1. The van der Waals surface area contributed by atoms with Crippen molar-refractivity contribution in [3.05, 3.63) is 27.9 Å². The van der Waals surface area contributed by atoms with Crippen LogP contribution in [0.15, 0.2) is 16.8 Å². The van der Waals surface area contributed by atoms with Gasteiger partial charge < -0.3 is 9.84 Å². The van der Waals surface area contributed by atoms with Crippen LogP contribution in [0.25, 0.3) is 0 Å². The van der Waals surface area contributed by atoms with Gasteiger partial charge in [-0.05, 0) is 20.3 Å². The van der Waals surface area contributed by atoms with E-state index in [0.29, 0.717) is 11.6 Å². The number of nitrogens with zero attached hydrogens (tertiary/aromatic N) is 2. The molecule has 0 aliphatic carbocycles. The zero-order valence-electron chi connectivity index (χ0n) is 11.8. The summed E-state index contributed by atoms with van der Waals surface area (Å²) in [6.45, 7) is 6.07. The topological polar surface area (TPSA) is 80.0 Å². The molecule has 20 heavy (non-hydrogen) atoms. The Bertz CT molecular complexity index is 578. The van der Waals surface area contributed by atoms with E-state index in [1.807, 2.05) is 13.1 Å². The van der Waals surface area contributed by atoms with Gasteiger partial charge in [0, 0.05) is 17.1 Å². The average Bonchev–Trinajstić information content (AvgIpc) is 3.05. The van der Waals surface area contributed by atoms with Crippen LogP contribution in [0.5, 0.6) is 0 Å². The molecule has 0 saturated heterocycles. The molecule has 0 aliphatic rings. The molecule has 0 spiro atoms. The highest BCUT2D eigenvalue weighted by molar-refractivity contribution is 7.11. The molecule has 2 rings (SSSR count). The number of rotatable bonds is 6. The first-order valence-electron chi connectivity index (χ1n) is 6.49. The van der Waals surface area contributed by atoms with Crippen LogP contribution >= 0.6 is 11.3 Å². The van der Waals surface area contributed by atoms with Crippen molar-refractivity contribution in [2.75, 3.05) is 11.9 Å². The van der Waals surface area contributed by atoms with Gasteiger partial charge in [0.25, 0.3) is 0 Å². The standard InChI is InChI=1S/C13H18N4O2S/c1-4-10-6-15-13(20-10)9(3)14-7-12(18)16-11-5-8(2)19-17-11/h5-6,9,14H,4,7H2,1-3H3,(H,16,17,18). The number of nitrogens with one attached hydrogen (secondary N) is 2. The van der Waals surface area contributed by atoms with E-state index in [0.717, 1.165) is 11.4 Å². The van der Waals surface area contributed by atoms with Gasteiger partial charge in [-0.25, -0.2) is 4.98 Å². The van der Waals surface area contributed by atoms with Gasteiger partial charge in [-0.2, -0.15) is 0 Å². The molecular formula is C13H18N4O2S. The second kappa shape index (κ2) is 6.62. The van der Waals surface area contributed by atoms with Gasteiger partial charge in [-0.1, -0.05) is 12.1 Å². The van der Waals surface area contributed by atoms with Crippen molar-refractivity contribution >= 4 is 23.1 Å². The largest absolute Gasteiger partial charge is 0.360 e. The fourth-order valence-corrected chi connectivity index (χ4v) is 2.52. The third kappa shape index (κ3) is 3.88. The highest BCUT2D eigenvalue weighted by Crippen LogP contribution is 2.19. The highest BCUT2D eigenvalue weighted by atomic mass is 32.1. The summed E-state index contributed by atoms with van der Waals surface area (Å²) in [6.07, 6.45) is 2.87. The summed E-state index contributed by atoms with van der Waals surface area (Å²) in [5.41, 5.74) is 0. The third-order valence-electron chi connectivity index (χ3n) is 2.75. The Labute approximate surface area is 121 Å². The molecule has 7 heteroatoms. The maximum atomic E-state index is 11.7. The van der Waals surface area contributed by atoms with E-state index in [9.17, 15) is 4.79 Å². The third-order valence-corrected chi connectivity index (χ3v) is 4.08. The van der Waals surface area contributed by atoms with Gasteiger partial charge >= 0.3 is 0 Å². The van der Waals surface area contributed by atoms with Crippen LogP contribution in [0, 0.1) is 6.92 Å². The molecule has 2 N–H and O–H groups in total. The number of carbonyl (C=O) groups excluding carboxylic acids is 1. The molecule has 0 radical (unpaired) electrons. The lowest BCUT2D eigenvalue weighted by atomic mass is 10.3. The van der Waals surface area contributed by atoms with E-state index >= 15 is 0 Å². The second-order valence-electron chi connectivity index (χ2n) is 4.49. The first-order chi connectivity index (χ1) is 9.58. The molecule has 108 valence electrons. The number of carbonyl (C=O) groups is 1. The Morgan fingerprint density at radius 1 is 1.55 bits per heavy atom. The molecule has 0 aliphatic heterocycles. The van der Waals surface area contributed by atoms with Crippen molar-refractivity contribution in [3.8, 4) is 0 Å². The lowest BCUT2D eigenvalue weighted by Gasteiger charge is -2.10. The maximum Gasteiger partial charge on any atom is 0.239 e. The number of anilines is 1. The molecule has 2 aromatic heterocycles. The van der Waals surface area contributed by atoms with Gasteiger partial charge in [0.2, 0.25) is 5.91 Å². The number of aromatic nitrogens is 2. The summed E-state index contributed by atoms with van der Waals surface area (Å²) in [5.74, 6) is 0.943. The molecule has 1 unspecified atom stereocenters. The van der Waals surface area contributed by atoms with E-state index < -0.39 is 0 Å². The monoisotopic (exact) mass is 294 g/mol. The maximum absolute atomic E-state index is 11.7. The number of hydrogen-bond acceptors (Lipinski definition) is 6. The predicted molar refractivity (Wildman–Crippen MR) is 77.8 cm³/mol. The van der Waals surface area contributed by atoms with Crippen LogP contribution < -0.4 is 10.6 Å². The van der Waals surface area contributed by atoms with E-state index in [-0.39, 0.29) is 18.5 Å².